The monoisotopic (exact) mass is 498 g/mol. The molecule has 0 spiro atoms. The summed E-state index contributed by atoms with van der Waals surface area (Å²) in [6, 6.07) is 9.55. The van der Waals surface area contributed by atoms with Crippen LogP contribution >= 0.6 is 0 Å². The van der Waals surface area contributed by atoms with Gasteiger partial charge in [0.15, 0.2) is 22.2 Å². The predicted molar refractivity (Wildman–Crippen MR) is 122 cm³/mol. The summed E-state index contributed by atoms with van der Waals surface area (Å²) < 4.78 is 39.7. The van der Waals surface area contributed by atoms with Crippen LogP contribution in [0.1, 0.15) is 21.6 Å². The zero-order valence-corrected chi connectivity index (χ0v) is 19.9. The van der Waals surface area contributed by atoms with E-state index >= 15 is 0 Å². The second-order valence-electron chi connectivity index (χ2n) is 7.95. The van der Waals surface area contributed by atoms with E-state index in [0.29, 0.717) is 43.4 Å². The Kier molecular flexibility index (Phi) is 6.61. The largest absolute Gasteiger partial charge is 0.459 e. The molecule has 0 bridgehead atoms. The molecule has 182 valence electrons. The van der Waals surface area contributed by atoms with Gasteiger partial charge in [0.05, 0.1) is 16.7 Å². The van der Waals surface area contributed by atoms with Gasteiger partial charge in [-0.15, -0.1) is 0 Å². The Morgan fingerprint density at radius 3 is 2.57 bits per heavy atom. The number of ether oxygens (including phenoxy) is 1. The highest BCUT2D eigenvalue weighted by Crippen LogP contribution is 2.29. The Morgan fingerprint density at radius 1 is 1.20 bits per heavy atom. The lowest BCUT2D eigenvalue weighted by atomic mass is 10.1. The van der Waals surface area contributed by atoms with Crippen molar-refractivity contribution < 1.29 is 31.6 Å². The van der Waals surface area contributed by atoms with Gasteiger partial charge in [0.1, 0.15) is 6.07 Å². The molecule has 1 aliphatic heterocycles. The molecule has 4 rings (SSSR count). The third-order valence-corrected chi connectivity index (χ3v) is 6.66. The minimum atomic E-state index is -3.49. The summed E-state index contributed by atoms with van der Waals surface area (Å²) in [5.41, 5.74) is 0.752. The van der Waals surface area contributed by atoms with Crippen molar-refractivity contribution in [1.82, 2.24) is 9.88 Å². The number of sulfone groups is 1. The topological polar surface area (TPSA) is 147 Å². The molecule has 0 unspecified atom stereocenters. The SMILES string of the molecule is Cc1ccc(S(C)(=O)=O)cc1C(=O)OCC(=O)N1CCN(c2oc(-c3ccco3)nc2C#N)CC1. The van der Waals surface area contributed by atoms with Gasteiger partial charge in [-0.05, 0) is 36.8 Å². The molecule has 35 heavy (non-hydrogen) atoms. The molecule has 0 aliphatic carbocycles. The first-order valence-corrected chi connectivity index (χ1v) is 12.5. The van der Waals surface area contributed by atoms with Crippen LogP contribution in [0.25, 0.3) is 11.7 Å². The van der Waals surface area contributed by atoms with Crippen molar-refractivity contribution in [3.63, 3.8) is 0 Å². The van der Waals surface area contributed by atoms with Crippen molar-refractivity contribution in [1.29, 1.82) is 5.26 Å². The molecule has 0 atom stereocenters. The molecule has 3 heterocycles. The third-order valence-electron chi connectivity index (χ3n) is 5.55. The molecule has 2 aromatic heterocycles. The molecule has 11 nitrogen and oxygen atoms in total. The minimum absolute atomic E-state index is 0.00291. The van der Waals surface area contributed by atoms with E-state index in [-0.39, 0.29) is 28.0 Å². The summed E-state index contributed by atoms with van der Waals surface area (Å²) in [6.45, 7) is 2.59. The van der Waals surface area contributed by atoms with Gasteiger partial charge in [-0.25, -0.2) is 13.2 Å². The van der Waals surface area contributed by atoms with E-state index in [1.165, 1.54) is 24.5 Å². The van der Waals surface area contributed by atoms with Crippen molar-refractivity contribution >= 4 is 27.6 Å². The molecule has 1 fully saturated rings. The molecule has 1 aliphatic rings. The lowest BCUT2D eigenvalue weighted by Gasteiger charge is -2.34. The average molecular weight is 499 g/mol. The number of anilines is 1. The summed E-state index contributed by atoms with van der Waals surface area (Å²) in [5.74, 6) is -0.253. The number of aromatic nitrogens is 1. The zero-order chi connectivity index (χ0) is 25.2. The summed E-state index contributed by atoms with van der Waals surface area (Å²) in [4.78, 5) is 32.6. The van der Waals surface area contributed by atoms with Crippen LogP contribution in [0.4, 0.5) is 5.88 Å². The number of piperazine rings is 1. The Hall–Kier alpha value is -4.11. The van der Waals surface area contributed by atoms with E-state index in [2.05, 4.69) is 4.98 Å². The maximum atomic E-state index is 12.6. The number of furan rings is 1. The number of rotatable bonds is 6. The van der Waals surface area contributed by atoms with Crippen LogP contribution in [0.15, 0.2) is 50.3 Å². The normalized spacial score (nSPS) is 14.0. The van der Waals surface area contributed by atoms with Crippen molar-refractivity contribution in [2.24, 2.45) is 0 Å². The maximum Gasteiger partial charge on any atom is 0.338 e. The number of amides is 1. The first kappa shape index (κ1) is 24.0. The molecule has 0 N–H and O–H groups in total. The van der Waals surface area contributed by atoms with Crippen molar-refractivity contribution in [2.45, 2.75) is 11.8 Å². The number of benzene rings is 1. The minimum Gasteiger partial charge on any atom is -0.459 e. The molecule has 0 saturated carbocycles. The highest BCUT2D eigenvalue weighted by Gasteiger charge is 2.28. The fourth-order valence-corrected chi connectivity index (χ4v) is 4.26. The van der Waals surface area contributed by atoms with E-state index < -0.39 is 22.4 Å². The highest BCUT2D eigenvalue weighted by atomic mass is 32.2. The number of carbonyl (C=O) groups excluding carboxylic acids is 2. The zero-order valence-electron chi connectivity index (χ0n) is 19.1. The number of nitrogens with zero attached hydrogens (tertiary/aromatic N) is 4. The molecule has 3 aromatic rings. The van der Waals surface area contributed by atoms with Crippen molar-refractivity contribution in [3.8, 4) is 17.7 Å². The summed E-state index contributed by atoms with van der Waals surface area (Å²) in [6.07, 6.45) is 2.53. The summed E-state index contributed by atoms with van der Waals surface area (Å²) >= 11 is 0. The van der Waals surface area contributed by atoms with Gasteiger partial charge >= 0.3 is 5.97 Å². The van der Waals surface area contributed by atoms with Gasteiger partial charge in [-0.3, -0.25) is 4.79 Å². The van der Waals surface area contributed by atoms with Crippen molar-refractivity contribution in [3.05, 3.63) is 53.4 Å². The smallest absolute Gasteiger partial charge is 0.338 e. The first-order chi connectivity index (χ1) is 16.7. The van der Waals surface area contributed by atoms with Crippen LogP contribution in [-0.2, 0) is 19.4 Å². The maximum absolute atomic E-state index is 12.6. The van der Waals surface area contributed by atoms with Gasteiger partial charge in [0.25, 0.3) is 11.8 Å². The number of hydrogen-bond acceptors (Lipinski definition) is 10. The second kappa shape index (κ2) is 9.63. The van der Waals surface area contributed by atoms with Crippen LogP contribution in [0.3, 0.4) is 0 Å². The highest BCUT2D eigenvalue weighted by molar-refractivity contribution is 7.90. The van der Waals surface area contributed by atoms with Crippen molar-refractivity contribution in [2.75, 3.05) is 43.9 Å². The van der Waals surface area contributed by atoms with Crippen LogP contribution in [0.5, 0.6) is 0 Å². The Bertz CT molecular complexity index is 1400. The Balaban J connectivity index is 1.35. The molecular weight excluding hydrogens is 476 g/mol. The third kappa shape index (κ3) is 5.20. The van der Waals surface area contributed by atoms with Gasteiger partial charge in [0, 0.05) is 32.4 Å². The van der Waals surface area contributed by atoms with E-state index in [4.69, 9.17) is 13.6 Å². The van der Waals surface area contributed by atoms with E-state index in [9.17, 15) is 23.3 Å². The Morgan fingerprint density at radius 2 is 1.94 bits per heavy atom. The van der Waals surface area contributed by atoms with E-state index in [0.717, 1.165) is 6.26 Å². The fourth-order valence-electron chi connectivity index (χ4n) is 3.61. The van der Waals surface area contributed by atoms with Gasteiger partial charge in [-0.1, -0.05) is 6.07 Å². The molecule has 0 radical (unpaired) electrons. The summed E-state index contributed by atoms with van der Waals surface area (Å²) in [7, 11) is -3.49. The number of oxazole rings is 1. The van der Waals surface area contributed by atoms with Gasteiger partial charge in [0.2, 0.25) is 11.6 Å². The molecule has 1 aromatic carbocycles. The molecular formula is C23H22N4O7S. The fraction of sp³-hybridized carbons (Fsp3) is 0.304. The average Bonchev–Trinajstić information content (AvgIpc) is 3.52. The predicted octanol–water partition coefficient (Wildman–Crippen LogP) is 2.02. The molecule has 1 saturated heterocycles. The van der Waals surface area contributed by atoms with E-state index in [1.807, 2.05) is 11.0 Å². The lowest BCUT2D eigenvalue weighted by molar-refractivity contribution is -0.134. The summed E-state index contributed by atoms with van der Waals surface area (Å²) in [5, 5.41) is 9.42. The molecule has 1 amide bonds. The standard InChI is InChI=1S/C23H22N4O7S/c1-15-5-6-16(35(2,30)31)12-17(15)23(29)33-14-20(28)26-7-9-27(10-8-26)22-18(13-24)25-21(34-22)19-4-3-11-32-19/h3-6,11-12H,7-10,14H2,1-2H3. The van der Waals surface area contributed by atoms with E-state index in [1.54, 1.807) is 24.0 Å². The first-order valence-electron chi connectivity index (χ1n) is 10.6. The van der Waals surface area contributed by atoms with Crippen LogP contribution in [-0.4, -0.2) is 69.2 Å². The quantitative estimate of drug-likeness (QED) is 0.462. The number of nitriles is 1. The van der Waals surface area contributed by atoms with Crippen LogP contribution in [0.2, 0.25) is 0 Å². The number of hydrogen-bond donors (Lipinski definition) is 0. The van der Waals surface area contributed by atoms with Gasteiger partial charge < -0.3 is 23.4 Å². The van der Waals surface area contributed by atoms with Crippen LogP contribution < -0.4 is 4.90 Å². The second-order valence-corrected chi connectivity index (χ2v) is 9.97. The Labute approximate surface area is 201 Å². The van der Waals surface area contributed by atoms with Crippen LogP contribution in [0, 0.1) is 18.3 Å². The lowest BCUT2D eigenvalue weighted by Crippen LogP contribution is -2.50. The van der Waals surface area contributed by atoms with Gasteiger partial charge in [-0.2, -0.15) is 10.2 Å². The number of aryl methyl sites for hydroxylation is 1. The molecule has 12 heteroatoms. The number of carbonyl (C=O) groups is 2. The number of esters is 1.